The molecule has 0 radical (unpaired) electrons. The van der Waals surface area contributed by atoms with Gasteiger partial charge in [0.05, 0.1) is 0 Å². The third-order valence-electron chi connectivity index (χ3n) is 7.47. The molecule has 0 atom stereocenters. The second kappa shape index (κ2) is 12.1. The second-order valence-corrected chi connectivity index (χ2v) is 9.99. The van der Waals surface area contributed by atoms with Crippen molar-refractivity contribution in [1.29, 1.82) is 0 Å². The Bertz CT molecular complexity index is 885. The number of piperazine rings is 1. The van der Waals surface area contributed by atoms with Crippen LogP contribution in [-0.4, -0.2) is 73.0 Å². The summed E-state index contributed by atoms with van der Waals surface area (Å²) in [6.45, 7) is 7.10. The van der Waals surface area contributed by atoms with Crippen molar-refractivity contribution in [2.24, 2.45) is 5.92 Å². The minimum absolute atomic E-state index is 0.0357. The van der Waals surface area contributed by atoms with Gasteiger partial charge in [-0.05, 0) is 49.9 Å². The van der Waals surface area contributed by atoms with Crippen LogP contribution < -0.4 is 15.5 Å². The Morgan fingerprint density at radius 1 is 0.943 bits per heavy atom. The second-order valence-electron chi connectivity index (χ2n) is 9.99. The largest absolute Gasteiger partial charge is 0.368 e. The molecule has 1 saturated heterocycles. The summed E-state index contributed by atoms with van der Waals surface area (Å²) in [6.07, 6.45) is 10.5. The van der Waals surface area contributed by atoms with Crippen LogP contribution in [0.25, 0.3) is 0 Å². The molecule has 0 spiro atoms. The number of carbonyl (C=O) groups is 3. The van der Waals surface area contributed by atoms with Crippen molar-refractivity contribution < 1.29 is 14.4 Å². The first kappa shape index (κ1) is 25.1. The third-order valence-corrected chi connectivity index (χ3v) is 7.47. The minimum atomic E-state index is -0.204. The van der Waals surface area contributed by atoms with E-state index in [1.54, 1.807) is 11.0 Å². The number of carbonyl (C=O) groups excluding carboxylic acids is 3. The van der Waals surface area contributed by atoms with Crippen LogP contribution in [0.4, 0.5) is 16.2 Å². The molecular formula is C27H39N5O3. The predicted octanol–water partition coefficient (Wildman–Crippen LogP) is 3.60. The number of hydrogen-bond donors (Lipinski definition) is 2. The quantitative estimate of drug-likeness (QED) is 0.556. The molecule has 1 aromatic carbocycles. The molecule has 4 rings (SSSR count). The first-order chi connectivity index (χ1) is 17.0. The fourth-order valence-corrected chi connectivity index (χ4v) is 5.11. The highest BCUT2D eigenvalue weighted by atomic mass is 16.2. The van der Waals surface area contributed by atoms with Crippen molar-refractivity contribution in [1.82, 2.24) is 15.1 Å². The fraction of sp³-hybridized carbons (Fsp3) is 0.593. The lowest BCUT2D eigenvalue weighted by molar-refractivity contribution is -0.140. The molecule has 1 aromatic rings. The number of amides is 4. The van der Waals surface area contributed by atoms with Crippen LogP contribution >= 0.6 is 0 Å². The van der Waals surface area contributed by atoms with E-state index in [4.69, 9.17) is 0 Å². The summed E-state index contributed by atoms with van der Waals surface area (Å²) in [6, 6.07) is 8.17. The Hall–Kier alpha value is -3.03. The van der Waals surface area contributed by atoms with Gasteiger partial charge in [-0.3, -0.25) is 9.59 Å². The van der Waals surface area contributed by atoms with Gasteiger partial charge < -0.3 is 25.3 Å². The van der Waals surface area contributed by atoms with Crippen LogP contribution in [0, 0.1) is 5.92 Å². The van der Waals surface area contributed by atoms with Gasteiger partial charge in [-0.25, -0.2) is 4.79 Å². The SMILES string of the molecule is C=CCN(CC(=O)Nc1ccc(N2CCN(C(=O)NC3CCCCC3)CC2)cc1)C(=O)C1CCC1. The van der Waals surface area contributed by atoms with E-state index in [1.807, 2.05) is 29.2 Å². The first-order valence-electron chi connectivity index (χ1n) is 13.1. The van der Waals surface area contributed by atoms with Gasteiger partial charge >= 0.3 is 6.03 Å². The Kier molecular flexibility index (Phi) is 8.66. The number of benzene rings is 1. The van der Waals surface area contributed by atoms with Crippen LogP contribution in [0.3, 0.4) is 0 Å². The first-order valence-corrected chi connectivity index (χ1v) is 13.1. The van der Waals surface area contributed by atoms with E-state index in [0.717, 1.165) is 50.9 Å². The molecule has 1 aliphatic heterocycles. The van der Waals surface area contributed by atoms with Gasteiger partial charge in [-0.1, -0.05) is 31.8 Å². The Morgan fingerprint density at radius 3 is 2.23 bits per heavy atom. The van der Waals surface area contributed by atoms with Gasteiger partial charge in [0.1, 0.15) is 6.54 Å². The van der Waals surface area contributed by atoms with Gasteiger partial charge in [0.25, 0.3) is 0 Å². The van der Waals surface area contributed by atoms with Crippen LogP contribution in [0.15, 0.2) is 36.9 Å². The maximum absolute atomic E-state index is 12.6. The van der Waals surface area contributed by atoms with Gasteiger partial charge in [0, 0.05) is 56.1 Å². The van der Waals surface area contributed by atoms with Crippen molar-refractivity contribution in [2.45, 2.75) is 57.4 Å². The fourth-order valence-electron chi connectivity index (χ4n) is 5.11. The number of urea groups is 1. The standard InChI is InChI=1S/C27H39N5O3/c1-2-15-32(26(34)21-7-6-8-21)20-25(33)28-23-11-13-24(14-12-23)30-16-18-31(19-17-30)27(35)29-22-9-4-3-5-10-22/h2,11-14,21-22H,1,3-10,15-20H2,(H,28,33)(H,29,35). The van der Waals surface area contributed by atoms with E-state index >= 15 is 0 Å². The molecule has 2 N–H and O–H groups in total. The normalized spacial score (nSPS) is 19.0. The summed E-state index contributed by atoms with van der Waals surface area (Å²) >= 11 is 0. The highest BCUT2D eigenvalue weighted by Crippen LogP contribution is 2.28. The van der Waals surface area contributed by atoms with E-state index in [9.17, 15) is 14.4 Å². The number of hydrogen-bond acceptors (Lipinski definition) is 4. The molecule has 190 valence electrons. The molecule has 2 saturated carbocycles. The molecule has 3 fully saturated rings. The number of rotatable bonds is 8. The molecular weight excluding hydrogens is 442 g/mol. The lowest BCUT2D eigenvalue weighted by atomic mass is 9.84. The highest BCUT2D eigenvalue weighted by Gasteiger charge is 2.30. The van der Waals surface area contributed by atoms with Crippen LogP contribution in [0.1, 0.15) is 51.4 Å². The molecule has 1 heterocycles. The zero-order valence-corrected chi connectivity index (χ0v) is 20.7. The average molecular weight is 482 g/mol. The smallest absolute Gasteiger partial charge is 0.317 e. The maximum atomic E-state index is 12.6. The van der Waals surface area contributed by atoms with E-state index < -0.39 is 0 Å². The van der Waals surface area contributed by atoms with Crippen LogP contribution in [0.2, 0.25) is 0 Å². The molecule has 0 aromatic heterocycles. The van der Waals surface area contributed by atoms with Gasteiger partial charge in [0.15, 0.2) is 0 Å². The van der Waals surface area contributed by atoms with Crippen LogP contribution in [0.5, 0.6) is 0 Å². The van der Waals surface area contributed by atoms with Crippen molar-refractivity contribution in [3.05, 3.63) is 36.9 Å². The van der Waals surface area contributed by atoms with Gasteiger partial charge in [0.2, 0.25) is 11.8 Å². The monoisotopic (exact) mass is 481 g/mol. The summed E-state index contributed by atoms with van der Waals surface area (Å²) in [5.41, 5.74) is 1.78. The summed E-state index contributed by atoms with van der Waals surface area (Å²) in [5, 5.41) is 6.11. The maximum Gasteiger partial charge on any atom is 0.317 e. The Balaban J connectivity index is 1.22. The number of nitrogens with one attached hydrogen (secondary N) is 2. The summed E-state index contributed by atoms with van der Waals surface area (Å²) < 4.78 is 0. The average Bonchev–Trinajstić information content (AvgIpc) is 2.84. The molecule has 3 aliphatic rings. The molecule has 35 heavy (non-hydrogen) atoms. The molecule has 8 heteroatoms. The molecule has 0 bridgehead atoms. The summed E-state index contributed by atoms with van der Waals surface area (Å²) in [5.74, 6) is -0.0982. The summed E-state index contributed by atoms with van der Waals surface area (Å²) in [4.78, 5) is 43.5. The van der Waals surface area contributed by atoms with E-state index in [0.29, 0.717) is 31.4 Å². The van der Waals surface area contributed by atoms with Gasteiger partial charge in [-0.2, -0.15) is 0 Å². The number of anilines is 2. The molecule has 2 aliphatic carbocycles. The summed E-state index contributed by atoms with van der Waals surface area (Å²) in [7, 11) is 0. The van der Waals surface area contributed by atoms with Crippen molar-refractivity contribution in [2.75, 3.05) is 49.5 Å². The van der Waals surface area contributed by atoms with E-state index in [2.05, 4.69) is 22.1 Å². The number of nitrogens with zero attached hydrogens (tertiary/aromatic N) is 3. The Morgan fingerprint density at radius 2 is 1.63 bits per heavy atom. The van der Waals surface area contributed by atoms with Gasteiger partial charge in [-0.15, -0.1) is 6.58 Å². The lowest BCUT2D eigenvalue weighted by Crippen LogP contribution is -2.53. The zero-order valence-electron chi connectivity index (χ0n) is 20.7. The Labute approximate surface area is 208 Å². The zero-order chi connectivity index (χ0) is 24.6. The van der Waals surface area contributed by atoms with Crippen molar-refractivity contribution >= 4 is 29.2 Å². The van der Waals surface area contributed by atoms with E-state index in [-0.39, 0.29) is 30.3 Å². The molecule has 0 unspecified atom stereocenters. The third kappa shape index (κ3) is 6.77. The van der Waals surface area contributed by atoms with E-state index in [1.165, 1.54) is 19.3 Å². The minimum Gasteiger partial charge on any atom is -0.368 e. The van der Waals surface area contributed by atoms with Crippen LogP contribution in [-0.2, 0) is 9.59 Å². The predicted molar refractivity (Wildman–Crippen MR) is 138 cm³/mol. The molecule has 8 nitrogen and oxygen atoms in total. The lowest BCUT2D eigenvalue weighted by Gasteiger charge is -2.37. The topological polar surface area (TPSA) is 85.0 Å². The highest BCUT2D eigenvalue weighted by molar-refractivity contribution is 5.95. The van der Waals surface area contributed by atoms with Crippen molar-refractivity contribution in [3.8, 4) is 0 Å². The molecule has 4 amide bonds. The van der Waals surface area contributed by atoms with Crippen molar-refractivity contribution in [3.63, 3.8) is 0 Å².